The van der Waals surface area contributed by atoms with Gasteiger partial charge in [-0.1, -0.05) is 36.4 Å². The Hall–Kier alpha value is -2.49. The average molecular weight is 380 g/mol. The summed E-state index contributed by atoms with van der Waals surface area (Å²) in [5.41, 5.74) is 4.03. The molecule has 3 heterocycles. The molecular formula is C20H15CuFN3. The number of para-hydroxylation sites is 1. The third kappa shape index (κ3) is 3.34. The Bertz CT molecular complexity index is 1010. The summed E-state index contributed by atoms with van der Waals surface area (Å²) >= 11 is 0. The topological polar surface area (TPSA) is 39.9 Å². The number of aryl methyl sites for hydroxylation is 1. The van der Waals surface area contributed by atoms with Crippen LogP contribution in [0.5, 0.6) is 0 Å². The minimum Gasteiger partial charge on any atom is -0.663 e. The van der Waals surface area contributed by atoms with Gasteiger partial charge in [0, 0.05) is 5.69 Å². The number of rotatable bonds is 3. The number of benzene rings is 1. The molecule has 25 heavy (non-hydrogen) atoms. The third-order valence-corrected chi connectivity index (χ3v) is 4.00. The van der Waals surface area contributed by atoms with Gasteiger partial charge in [-0.05, 0) is 42.1 Å². The summed E-state index contributed by atoms with van der Waals surface area (Å²) in [6.07, 6.45) is 0.420. The largest absolute Gasteiger partial charge is 1.00 e. The zero-order valence-corrected chi connectivity index (χ0v) is 14.4. The molecule has 0 N–H and O–H groups in total. The predicted molar refractivity (Wildman–Crippen MR) is 92.4 cm³/mol. The molecule has 1 aromatic carbocycles. The van der Waals surface area contributed by atoms with E-state index in [2.05, 4.69) is 15.0 Å². The summed E-state index contributed by atoms with van der Waals surface area (Å²) < 4.78 is 14.9. The van der Waals surface area contributed by atoms with Gasteiger partial charge in [0.2, 0.25) is 0 Å². The smallest absolute Gasteiger partial charge is 0.663 e. The van der Waals surface area contributed by atoms with Gasteiger partial charge in [-0.15, -0.1) is 5.52 Å². The maximum atomic E-state index is 14.9. The minimum atomic E-state index is -1.35. The molecule has 5 heteroatoms. The van der Waals surface area contributed by atoms with Gasteiger partial charge in [-0.3, -0.25) is 4.98 Å². The molecule has 0 amide bonds. The number of pyridine rings is 2. The van der Waals surface area contributed by atoms with E-state index >= 15 is 0 Å². The molecule has 4 rings (SSSR count). The molecule has 3 nitrogen and oxygen atoms in total. The standard InChI is InChI=1S/C20H15FN3.Cu/c1-13-5-2-9-17(23-13)19(21)18-10-4-8-16(24-18)15-7-3-6-14-11-12-22-20(14)15;/h2-12,19H,1H3;/q-1;+1. The molecule has 0 fully saturated rings. The summed E-state index contributed by atoms with van der Waals surface area (Å²) in [7, 11) is 0. The van der Waals surface area contributed by atoms with Crippen LogP contribution in [0.1, 0.15) is 23.3 Å². The van der Waals surface area contributed by atoms with Crippen LogP contribution in [-0.2, 0) is 17.1 Å². The third-order valence-electron chi connectivity index (χ3n) is 4.00. The van der Waals surface area contributed by atoms with Crippen molar-refractivity contribution in [2.75, 3.05) is 0 Å². The van der Waals surface area contributed by atoms with Crippen molar-refractivity contribution in [3.63, 3.8) is 0 Å². The van der Waals surface area contributed by atoms with Crippen molar-refractivity contribution in [3.8, 4) is 11.3 Å². The fourth-order valence-electron chi connectivity index (χ4n) is 2.84. The minimum absolute atomic E-state index is 0. The summed E-state index contributed by atoms with van der Waals surface area (Å²) in [5, 5.41) is 1.05. The fourth-order valence-corrected chi connectivity index (χ4v) is 2.84. The second-order valence-corrected chi connectivity index (χ2v) is 5.70. The van der Waals surface area contributed by atoms with Crippen LogP contribution in [0.4, 0.5) is 4.39 Å². The Morgan fingerprint density at radius 1 is 0.880 bits per heavy atom. The Morgan fingerprint density at radius 3 is 2.40 bits per heavy atom. The molecule has 0 aliphatic rings. The van der Waals surface area contributed by atoms with Crippen LogP contribution in [0.3, 0.4) is 0 Å². The molecule has 0 aliphatic heterocycles. The monoisotopic (exact) mass is 379 g/mol. The number of fused-ring (bicyclic) bond motifs is 1. The predicted octanol–water partition coefficient (Wildman–Crippen LogP) is 4.62. The summed E-state index contributed by atoms with van der Waals surface area (Å²) in [4.78, 5) is 13.2. The van der Waals surface area contributed by atoms with Gasteiger partial charge in [0.15, 0.2) is 6.17 Å². The second-order valence-electron chi connectivity index (χ2n) is 5.70. The summed E-state index contributed by atoms with van der Waals surface area (Å²) in [6.45, 7) is 1.85. The van der Waals surface area contributed by atoms with E-state index < -0.39 is 6.17 Å². The van der Waals surface area contributed by atoms with Crippen molar-refractivity contribution in [1.82, 2.24) is 15.0 Å². The van der Waals surface area contributed by atoms with Crippen molar-refractivity contribution in [3.05, 3.63) is 83.9 Å². The molecule has 0 aliphatic carbocycles. The normalized spacial score (nSPS) is 11.9. The molecular weight excluding hydrogens is 365 g/mol. The van der Waals surface area contributed by atoms with Crippen LogP contribution in [0.2, 0.25) is 0 Å². The molecule has 0 saturated heterocycles. The zero-order valence-electron chi connectivity index (χ0n) is 13.4. The molecule has 1 atom stereocenters. The van der Waals surface area contributed by atoms with Gasteiger partial charge in [-0.25, -0.2) is 9.37 Å². The maximum absolute atomic E-state index is 14.9. The zero-order chi connectivity index (χ0) is 16.5. The average Bonchev–Trinajstić information content (AvgIpc) is 3.10. The first kappa shape index (κ1) is 17.3. The van der Waals surface area contributed by atoms with Crippen LogP contribution in [-0.4, -0.2) is 9.97 Å². The van der Waals surface area contributed by atoms with Crippen molar-refractivity contribution >= 4 is 10.9 Å². The van der Waals surface area contributed by atoms with E-state index in [1.54, 1.807) is 18.3 Å². The van der Waals surface area contributed by atoms with Crippen LogP contribution in [0.25, 0.3) is 22.2 Å². The van der Waals surface area contributed by atoms with E-state index in [4.69, 9.17) is 0 Å². The quantitative estimate of drug-likeness (QED) is 0.487. The molecule has 4 aromatic rings. The first-order valence-electron chi connectivity index (χ1n) is 7.78. The Balaban J connectivity index is 0.00000182. The van der Waals surface area contributed by atoms with Gasteiger partial charge < -0.3 is 4.98 Å². The molecule has 128 valence electrons. The number of nitrogens with zero attached hydrogens (tertiary/aromatic N) is 3. The molecule has 0 bridgehead atoms. The van der Waals surface area contributed by atoms with Gasteiger partial charge in [0.1, 0.15) is 0 Å². The molecule has 1 unspecified atom stereocenters. The Labute approximate surface area is 155 Å². The molecule has 0 saturated carbocycles. The van der Waals surface area contributed by atoms with E-state index in [1.807, 2.05) is 55.5 Å². The number of halogens is 1. The first-order valence-corrected chi connectivity index (χ1v) is 7.78. The van der Waals surface area contributed by atoms with E-state index in [0.717, 1.165) is 22.2 Å². The van der Waals surface area contributed by atoms with Gasteiger partial charge in [0.05, 0.1) is 17.1 Å². The molecule has 0 spiro atoms. The number of hydrogen-bond acceptors (Lipinski definition) is 2. The van der Waals surface area contributed by atoms with Crippen LogP contribution in [0.15, 0.2) is 66.9 Å². The van der Waals surface area contributed by atoms with E-state index in [1.165, 1.54) is 0 Å². The summed E-state index contributed by atoms with van der Waals surface area (Å²) in [5.74, 6) is 0. The van der Waals surface area contributed by atoms with Gasteiger partial charge >= 0.3 is 17.1 Å². The number of alkyl halides is 1. The van der Waals surface area contributed by atoms with Crippen molar-refractivity contribution in [1.29, 1.82) is 0 Å². The van der Waals surface area contributed by atoms with Crippen LogP contribution < -0.4 is 4.98 Å². The van der Waals surface area contributed by atoms with Crippen molar-refractivity contribution < 1.29 is 21.5 Å². The summed E-state index contributed by atoms with van der Waals surface area (Å²) in [6, 6.07) is 18.6. The van der Waals surface area contributed by atoms with E-state index in [-0.39, 0.29) is 17.1 Å². The van der Waals surface area contributed by atoms with Crippen LogP contribution >= 0.6 is 0 Å². The number of hydrogen-bond donors (Lipinski definition) is 0. The second kappa shape index (κ2) is 7.18. The van der Waals surface area contributed by atoms with E-state index in [0.29, 0.717) is 17.1 Å². The van der Waals surface area contributed by atoms with Crippen LogP contribution in [0, 0.1) is 6.92 Å². The van der Waals surface area contributed by atoms with Crippen molar-refractivity contribution in [2.24, 2.45) is 0 Å². The SMILES string of the molecule is Cc1cccc(C(F)c2cccc(-c3cccc4cc[n-]c34)n2)n1.[Cu+]. The molecule has 3 aromatic heterocycles. The number of aromatic nitrogens is 3. The van der Waals surface area contributed by atoms with E-state index in [9.17, 15) is 4.39 Å². The van der Waals surface area contributed by atoms with Crippen molar-refractivity contribution in [2.45, 2.75) is 13.1 Å². The fraction of sp³-hybridized carbons (Fsp3) is 0.100. The van der Waals surface area contributed by atoms with Gasteiger partial charge in [0.25, 0.3) is 0 Å². The maximum Gasteiger partial charge on any atom is 1.00 e. The Kier molecular flexibility index (Phi) is 4.98. The molecule has 0 radical (unpaired) electrons. The Morgan fingerprint density at radius 2 is 1.60 bits per heavy atom. The van der Waals surface area contributed by atoms with Gasteiger partial charge in [-0.2, -0.15) is 6.20 Å². The first-order chi connectivity index (χ1) is 11.7.